The number of hydrogen-bond donors (Lipinski definition) is 3. The number of H-pyrrole nitrogens is 1. The lowest BCUT2D eigenvalue weighted by atomic mass is 10.3. The Morgan fingerprint density at radius 3 is 2.82 bits per heavy atom. The van der Waals surface area contributed by atoms with Gasteiger partial charge < -0.3 is 11.1 Å². The second kappa shape index (κ2) is 4.42. The van der Waals surface area contributed by atoms with Gasteiger partial charge in [0.05, 0.1) is 16.4 Å². The molecule has 0 aliphatic carbocycles. The Balaban J connectivity index is 2.17. The van der Waals surface area contributed by atoms with Crippen molar-refractivity contribution >= 4 is 29.0 Å². The van der Waals surface area contributed by atoms with E-state index in [1.807, 2.05) is 0 Å². The standard InChI is InChI=1S/C10H10ClN5O/c1-5-8(12)9(16-15-5)14-10(17)7-3-2-6(11)4-13-7/h2-4H,12H2,1H3,(H2,14,15,16,17). The summed E-state index contributed by atoms with van der Waals surface area (Å²) in [4.78, 5) is 15.6. The fraction of sp³-hybridized carbons (Fsp3) is 0.100. The van der Waals surface area contributed by atoms with Crippen LogP contribution in [0.4, 0.5) is 11.5 Å². The summed E-state index contributed by atoms with van der Waals surface area (Å²) in [5.41, 5.74) is 7.06. The van der Waals surface area contributed by atoms with E-state index in [4.69, 9.17) is 17.3 Å². The average molecular weight is 252 g/mol. The maximum absolute atomic E-state index is 11.8. The first-order chi connectivity index (χ1) is 8.08. The Labute approximate surface area is 102 Å². The number of aryl methyl sites for hydroxylation is 1. The van der Waals surface area contributed by atoms with Crippen LogP contribution >= 0.6 is 11.6 Å². The Morgan fingerprint density at radius 1 is 1.53 bits per heavy atom. The summed E-state index contributed by atoms with van der Waals surface area (Å²) >= 11 is 5.67. The molecule has 0 atom stereocenters. The quantitative estimate of drug-likeness (QED) is 0.755. The zero-order valence-electron chi connectivity index (χ0n) is 8.99. The zero-order valence-corrected chi connectivity index (χ0v) is 9.75. The highest BCUT2D eigenvalue weighted by Gasteiger charge is 2.12. The molecule has 0 aliphatic rings. The number of nitrogens with one attached hydrogen (secondary N) is 2. The Kier molecular flexibility index (Phi) is 2.97. The summed E-state index contributed by atoms with van der Waals surface area (Å²) < 4.78 is 0. The van der Waals surface area contributed by atoms with Gasteiger partial charge in [0.2, 0.25) is 0 Å². The maximum atomic E-state index is 11.8. The van der Waals surface area contributed by atoms with Crippen LogP contribution < -0.4 is 11.1 Å². The van der Waals surface area contributed by atoms with Crippen LogP contribution in [0.2, 0.25) is 5.02 Å². The van der Waals surface area contributed by atoms with Crippen molar-refractivity contribution in [2.45, 2.75) is 6.92 Å². The van der Waals surface area contributed by atoms with Gasteiger partial charge in [0, 0.05) is 6.20 Å². The van der Waals surface area contributed by atoms with E-state index in [0.29, 0.717) is 22.2 Å². The zero-order chi connectivity index (χ0) is 12.4. The predicted octanol–water partition coefficient (Wildman–Crippen LogP) is 1.60. The molecule has 0 aromatic carbocycles. The first kappa shape index (κ1) is 11.4. The molecule has 2 heterocycles. The summed E-state index contributed by atoms with van der Waals surface area (Å²) in [7, 11) is 0. The summed E-state index contributed by atoms with van der Waals surface area (Å²) in [6.07, 6.45) is 1.40. The molecule has 0 aliphatic heterocycles. The number of hydrogen-bond acceptors (Lipinski definition) is 4. The Bertz CT molecular complexity index is 548. The van der Waals surface area contributed by atoms with Crippen LogP contribution in [0.25, 0.3) is 0 Å². The molecule has 2 aromatic rings. The lowest BCUT2D eigenvalue weighted by Gasteiger charge is -2.02. The van der Waals surface area contributed by atoms with Crippen molar-refractivity contribution < 1.29 is 4.79 Å². The normalized spacial score (nSPS) is 10.2. The van der Waals surface area contributed by atoms with Gasteiger partial charge in [-0.3, -0.25) is 9.89 Å². The minimum absolute atomic E-state index is 0.245. The minimum atomic E-state index is -0.389. The number of halogens is 1. The molecule has 2 rings (SSSR count). The second-order valence-electron chi connectivity index (χ2n) is 3.43. The average Bonchev–Trinajstić information content (AvgIpc) is 2.62. The Hall–Kier alpha value is -2.08. The number of carbonyl (C=O) groups excluding carboxylic acids is 1. The van der Waals surface area contributed by atoms with Gasteiger partial charge in [-0.1, -0.05) is 11.6 Å². The molecule has 1 amide bonds. The highest BCUT2D eigenvalue weighted by molar-refractivity contribution is 6.30. The molecule has 0 unspecified atom stereocenters. The molecule has 0 saturated carbocycles. The number of aromatic nitrogens is 3. The van der Waals surface area contributed by atoms with Crippen molar-refractivity contribution in [3.63, 3.8) is 0 Å². The lowest BCUT2D eigenvalue weighted by molar-refractivity contribution is 0.102. The number of nitrogens with two attached hydrogens (primary N) is 1. The first-order valence-electron chi connectivity index (χ1n) is 4.81. The third kappa shape index (κ3) is 2.36. The van der Waals surface area contributed by atoms with Crippen molar-refractivity contribution in [1.82, 2.24) is 15.2 Å². The van der Waals surface area contributed by atoms with E-state index in [2.05, 4.69) is 20.5 Å². The van der Waals surface area contributed by atoms with Crippen molar-refractivity contribution in [2.24, 2.45) is 0 Å². The van der Waals surface area contributed by atoms with Gasteiger partial charge in [-0.05, 0) is 19.1 Å². The molecule has 0 spiro atoms. The molecule has 0 radical (unpaired) electrons. The number of carbonyl (C=O) groups is 1. The summed E-state index contributed by atoms with van der Waals surface area (Å²) in [5, 5.41) is 9.56. The predicted molar refractivity (Wildman–Crippen MR) is 64.9 cm³/mol. The molecule has 6 nitrogen and oxygen atoms in total. The molecule has 7 heteroatoms. The summed E-state index contributed by atoms with van der Waals surface area (Å²) in [5.74, 6) is -0.0934. The van der Waals surface area contributed by atoms with E-state index in [0.717, 1.165) is 0 Å². The van der Waals surface area contributed by atoms with E-state index in [9.17, 15) is 4.79 Å². The summed E-state index contributed by atoms with van der Waals surface area (Å²) in [6.45, 7) is 1.76. The first-order valence-corrected chi connectivity index (χ1v) is 5.19. The van der Waals surface area contributed by atoms with Crippen molar-refractivity contribution in [3.8, 4) is 0 Å². The van der Waals surface area contributed by atoms with Gasteiger partial charge in [-0.25, -0.2) is 4.98 Å². The number of nitrogen functional groups attached to an aromatic ring is 1. The maximum Gasteiger partial charge on any atom is 0.275 e. The number of anilines is 2. The highest BCUT2D eigenvalue weighted by Crippen LogP contribution is 2.18. The molecule has 17 heavy (non-hydrogen) atoms. The van der Waals surface area contributed by atoms with Crippen LogP contribution in [-0.2, 0) is 0 Å². The van der Waals surface area contributed by atoms with E-state index in [-0.39, 0.29) is 11.6 Å². The van der Waals surface area contributed by atoms with Crippen LogP contribution in [0.5, 0.6) is 0 Å². The third-order valence-electron chi connectivity index (χ3n) is 2.19. The highest BCUT2D eigenvalue weighted by atomic mass is 35.5. The van der Waals surface area contributed by atoms with Gasteiger partial charge in [-0.2, -0.15) is 5.10 Å². The Morgan fingerprint density at radius 2 is 2.29 bits per heavy atom. The molecule has 0 bridgehead atoms. The van der Waals surface area contributed by atoms with Gasteiger partial charge in [0.1, 0.15) is 5.69 Å². The molecule has 4 N–H and O–H groups in total. The summed E-state index contributed by atoms with van der Waals surface area (Å²) in [6, 6.07) is 3.11. The van der Waals surface area contributed by atoms with Crippen LogP contribution in [0, 0.1) is 6.92 Å². The van der Waals surface area contributed by atoms with Crippen LogP contribution in [-0.4, -0.2) is 21.1 Å². The number of aromatic amines is 1. The van der Waals surface area contributed by atoms with E-state index in [1.54, 1.807) is 13.0 Å². The number of rotatable bonds is 2. The van der Waals surface area contributed by atoms with Crippen molar-refractivity contribution in [2.75, 3.05) is 11.1 Å². The monoisotopic (exact) mass is 251 g/mol. The van der Waals surface area contributed by atoms with Crippen LogP contribution in [0.15, 0.2) is 18.3 Å². The molecule has 0 saturated heterocycles. The van der Waals surface area contributed by atoms with Crippen molar-refractivity contribution in [3.05, 3.63) is 34.7 Å². The van der Waals surface area contributed by atoms with E-state index < -0.39 is 0 Å². The van der Waals surface area contributed by atoms with Gasteiger partial charge in [-0.15, -0.1) is 0 Å². The molecular weight excluding hydrogens is 242 g/mol. The fourth-order valence-electron chi connectivity index (χ4n) is 1.21. The smallest absolute Gasteiger partial charge is 0.275 e. The van der Waals surface area contributed by atoms with Gasteiger partial charge in [0.15, 0.2) is 5.82 Å². The van der Waals surface area contributed by atoms with Crippen LogP contribution in [0.1, 0.15) is 16.2 Å². The molecular formula is C10H10ClN5O. The van der Waals surface area contributed by atoms with Crippen molar-refractivity contribution in [1.29, 1.82) is 0 Å². The van der Waals surface area contributed by atoms with Gasteiger partial charge in [0.25, 0.3) is 5.91 Å². The van der Waals surface area contributed by atoms with Gasteiger partial charge >= 0.3 is 0 Å². The van der Waals surface area contributed by atoms with E-state index >= 15 is 0 Å². The fourth-order valence-corrected chi connectivity index (χ4v) is 1.33. The topological polar surface area (TPSA) is 96.7 Å². The minimum Gasteiger partial charge on any atom is -0.394 e. The molecule has 88 valence electrons. The number of amides is 1. The van der Waals surface area contributed by atoms with Crippen LogP contribution in [0.3, 0.4) is 0 Å². The molecule has 0 fully saturated rings. The lowest BCUT2D eigenvalue weighted by Crippen LogP contribution is -2.14. The SMILES string of the molecule is Cc1[nH]nc(NC(=O)c2ccc(Cl)cn2)c1N. The third-order valence-corrected chi connectivity index (χ3v) is 2.41. The number of nitrogens with zero attached hydrogens (tertiary/aromatic N) is 2. The number of pyridine rings is 1. The largest absolute Gasteiger partial charge is 0.394 e. The van der Waals surface area contributed by atoms with E-state index in [1.165, 1.54) is 12.3 Å². The second-order valence-corrected chi connectivity index (χ2v) is 3.86. The molecule has 2 aromatic heterocycles.